The lowest BCUT2D eigenvalue weighted by molar-refractivity contribution is -0.135. The molecule has 1 atom stereocenters. The average Bonchev–Trinajstić information content (AvgIpc) is 3.26. The number of ether oxygens (including phenoxy) is 1. The molecular formula is C16H14N6O5S. The van der Waals surface area contributed by atoms with Crippen LogP contribution in [0.15, 0.2) is 42.0 Å². The molecule has 1 aliphatic rings. The average molecular weight is 402 g/mol. The number of hydrazone groups is 1. The summed E-state index contributed by atoms with van der Waals surface area (Å²) in [4.78, 5) is 49.8. The number of esters is 1. The molecule has 0 aliphatic carbocycles. The topological polar surface area (TPSA) is 145 Å². The summed E-state index contributed by atoms with van der Waals surface area (Å²) in [6.45, 7) is -0.00483. The lowest BCUT2D eigenvalue weighted by atomic mass is 10.2. The molecule has 0 spiro atoms. The van der Waals surface area contributed by atoms with Gasteiger partial charge in [0.05, 0.1) is 12.6 Å². The highest BCUT2D eigenvalue weighted by atomic mass is 32.2. The fourth-order valence-electron chi connectivity index (χ4n) is 2.15. The van der Waals surface area contributed by atoms with E-state index in [9.17, 15) is 19.2 Å². The molecule has 2 heterocycles. The van der Waals surface area contributed by atoms with Gasteiger partial charge in [-0.1, -0.05) is 11.8 Å². The summed E-state index contributed by atoms with van der Waals surface area (Å²) in [5.41, 5.74) is 3.02. The van der Waals surface area contributed by atoms with Gasteiger partial charge in [0.15, 0.2) is 0 Å². The number of carbonyl (C=O) groups excluding carboxylic acids is 4. The monoisotopic (exact) mass is 402 g/mol. The van der Waals surface area contributed by atoms with Crippen molar-refractivity contribution in [3.8, 4) is 5.75 Å². The van der Waals surface area contributed by atoms with Gasteiger partial charge in [-0.25, -0.2) is 15.1 Å². The predicted octanol–water partition coefficient (Wildman–Crippen LogP) is 0.0755. The van der Waals surface area contributed by atoms with Gasteiger partial charge in [-0.3, -0.25) is 24.5 Å². The highest BCUT2D eigenvalue weighted by Crippen LogP contribution is 2.23. The second-order valence-electron chi connectivity index (χ2n) is 5.52. The van der Waals surface area contributed by atoms with E-state index in [1.807, 2.05) is 0 Å². The molecule has 1 aliphatic heterocycles. The largest absolute Gasteiger partial charge is 0.426 e. The Bertz CT molecular complexity index is 912. The van der Waals surface area contributed by atoms with E-state index in [1.54, 1.807) is 24.3 Å². The van der Waals surface area contributed by atoms with Crippen LogP contribution in [0.25, 0.3) is 0 Å². The summed E-state index contributed by atoms with van der Waals surface area (Å²) in [5.74, 6) is -1.19. The molecule has 1 aromatic carbocycles. The molecule has 2 N–H and O–H groups in total. The minimum Gasteiger partial charge on any atom is -0.426 e. The number of aromatic nitrogens is 3. The molecular weight excluding hydrogens is 388 g/mol. The van der Waals surface area contributed by atoms with Crippen molar-refractivity contribution in [3.63, 3.8) is 0 Å². The van der Waals surface area contributed by atoms with E-state index >= 15 is 0 Å². The van der Waals surface area contributed by atoms with E-state index in [-0.39, 0.29) is 24.6 Å². The number of hydrogen-bond donors (Lipinski definition) is 2. The van der Waals surface area contributed by atoms with E-state index in [1.165, 1.54) is 23.6 Å². The Hall–Kier alpha value is -3.54. The first-order valence-corrected chi connectivity index (χ1v) is 8.84. The molecule has 144 valence electrons. The van der Waals surface area contributed by atoms with Crippen LogP contribution in [0.3, 0.4) is 0 Å². The Balaban J connectivity index is 1.45. The van der Waals surface area contributed by atoms with Crippen LogP contribution in [-0.4, -0.2) is 49.3 Å². The summed E-state index contributed by atoms with van der Waals surface area (Å²) in [6, 6.07) is 6.36. The molecule has 1 aromatic heterocycles. The third-order valence-corrected chi connectivity index (χ3v) is 4.39. The van der Waals surface area contributed by atoms with Crippen molar-refractivity contribution in [2.24, 2.45) is 5.10 Å². The zero-order valence-electron chi connectivity index (χ0n) is 14.3. The second kappa shape index (κ2) is 8.90. The number of benzene rings is 1. The van der Waals surface area contributed by atoms with Crippen molar-refractivity contribution in [1.29, 1.82) is 0 Å². The smallest absolute Gasteiger partial charge is 0.312 e. The molecule has 2 aromatic rings. The number of carbonyl (C=O) groups is 4. The number of rotatable bonds is 7. The Morgan fingerprint density at radius 3 is 2.75 bits per heavy atom. The van der Waals surface area contributed by atoms with Gasteiger partial charge >= 0.3 is 5.97 Å². The van der Waals surface area contributed by atoms with Gasteiger partial charge < -0.3 is 4.74 Å². The van der Waals surface area contributed by atoms with E-state index in [4.69, 9.17) is 4.74 Å². The number of amides is 3. The number of nitrogens with one attached hydrogen (secondary N) is 2. The molecule has 1 saturated heterocycles. The van der Waals surface area contributed by atoms with Crippen LogP contribution >= 0.6 is 11.8 Å². The van der Waals surface area contributed by atoms with Crippen LogP contribution in [0.1, 0.15) is 12.0 Å². The third kappa shape index (κ3) is 5.48. The zero-order chi connectivity index (χ0) is 19.9. The number of thioether (sulfide) groups is 1. The van der Waals surface area contributed by atoms with Crippen molar-refractivity contribution in [2.45, 2.75) is 18.2 Å². The van der Waals surface area contributed by atoms with Crippen LogP contribution in [0.2, 0.25) is 0 Å². The Morgan fingerprint density at radius 2 is 2.11 bits per heavy atom. The van der Waals surface area contributed by atoms with Crippen molar-refractivity contribution in [1.82, 2.24) is 25.5 Å². The molecule has 0 bridgehead atoms. The summed E-state index contributed by atoms with van der Waals surface area (Å²) in [7, 11) is 0. The Morgan fingerprint density at radius 1 is 1.32 bits per heavy atom. The van der Waals surface area contributed by atoms with Gasteiger partial charge in [0.2, 0.25) is 5.91 Å². The van der Waals surface area contributed by atoms with Crippen LogP contribution in [0.5, 0.6) is 5.75 Å². The van der Waals surface area contributed by atoms with E-state index < -0.39 is 22.4 Å². The molecule has 28 heavy (non-hydrogen) atoms. The maximum Gasteiger partial charge on any atom is 0.312 e. The fourth-order valence-corrected chi connectivity index (χ4v) is 2.95. The SMILES string of the molecule is O=C(Cn1cncn1)N/N=C/c1ccc(OC(=O)CC2SC(=O)NC2=O)cc1. The summed E-state index contributed by atoms with van der Waals surface area (Å²) < 4.78 is 6.50. The molecule has 3 amide bonds. The van der Waals surface area contributed by atoms with Gasteiger partial charge in [-0.2, -0.15) is 10.2 Å². The quantitative estimate of drug-likeness (QED) is 0.287. The first-order valence-electron chi connectivity index (χ1n) is 7.96. The lowest BCUT2D eigenvalue weighted by Crippen LogP contribution is -2.27. The minimum atomic E-state index is -0.771. The number of nitrogens with zero attached hydrogens (tertiary/aromatic N) is 4. The van der Waals surface area contributed by atoms with Crippen molar-refractivity contribution in [2.75, 3.05) is 0 Å². The van der Waals surface area contributed by atoms with Gasteiger partial charge in [-0.15, -0.1) is 0 Å². The third-order valence-electron chi connectivity index (χ3n) is 3.41. The first-order chi connectivity index (χ1) is 13.5. The molecule has 3 rings (SSSR count). The summed E-state index contributed by atoms with van der Waals surface area (Å²) in [6.07, 6.45) is 3.96. The normalized spacial score (nSPS) is 16.2. The fraction of sp³-hybridized carbons (Fsp3) is 0.188. The van der Waals surface area contributed by atoms with Crippen LogP contribution in [0.4, 0.5) is 4.79 Å². The molecule has 1 unspecified atom stereocenters. The Kier molecular flexibility index (Phi) is 6.11. The summed E-state index contributed by atoms with van der Waals surface area (Å²) in [5, 5.41) is 8.50. The number of imide groups is 1. The lowest BCUT2D eigenvalue weighted by Gasteiger charge is -2.06. The minimum absolute atomic E-state index is 0.00483. The first kappa shape index (κ1) is 19.2. The standard InChI is InChI=1S/C16H14N6O5S/c23-13(7-22-9-17-8-19-22)21-18-6-10-1-3-11(4-2-10)27-14(24)5-12-15(25)20-16(26)28-12/h1-4,6,8-9,12H,5,7H2,(H,21,23)(H,20,25,26)/b18-6+. The van der Waals surface area contributed by atoms with Gasteiger partial charge in [0.1, 0.15) is 30.2 Å². The highest BCUT2D eigenvalue weighted by Gasteiger charge is 2.33. The molecule has 1 fully saturated rings. The van der Waals surface area contributed by atoms with Crippen LogP contribution in [0, 0.1) is 0 Å². The molecule has 11 nitrogen and oxygen atoms in total. The van der Waals surface area contributed by atoms with Gasteiger partial charge in [0, 0.05) is 0 Å². The summed E-state index contributed by atoms with van der Waals surface area (Å²) >= 11 is 0.766. The maximum absolute atomic E-state index is 11.9. The molecule has 0 saturated carbocycles. The van der Waals surface area contributed by atoms with Crippen LogP contribution in [-0.2, 0) is 20.9 Å². The van der Waals surface area contributed by atoms with Gasteiger partial charge in [-0.05, 0) is 29.8 Å². The van der Waals surface area contributed by atoms with E-state index in [0.717, 1.165) is 11.8 Å². The second-order valence-corrected chi connectivity index (χ2v) is 6.69. The van der Waals surface area contributed by atoms with Crippen LogP contribution < -0.4 is 15.5 Å². The highest BCUT2D eigenvalue weighted by molar-refractivity contribution is 8.15. The van der Waals surface area contributed by atoms with Crippen molar-refractivity contribution >= 4 is 41.0 Å². The maximum atomic E-state index is 11.9. The Labute approximate surface area is 162 Å². The van der Waals surface area contributed by atoms with Crippen molar-refractivity contribution in [3.05, 3.63) is 42.5 Å². The van der Waals surface area contributed by atoms with E-state index in [2.05, 4.69) is 25.9 Å². The number of hydrogen-bond acceptors (Lipinski definition) is 9. The molecule has 12 heteroatoms. The predicted molar refractivity (Wildman–Crippen MR) is 97.4 cm³/mol. The van der Waals surface area contributed by atoms with Crippen molar-refractivity contribution < 1.29 is 23.9 Å². The van der Waals surface area contributed by atoms with Gasteiger partial charge in [0.25, 0.3) is 11.1 Å². The molecule has 0 radical (unpaired) electrons. The van der Waals surface area contributed by atoms with E-state index in [0.29, 0.717) is 5.56 Å². The zero-order valence-corrected chi connectivity index (χ0v) is 15.1.